The summed E-state index contributed by atoms with van der Waals surface area (Å²) in [5.41, 5.74) is 0. The highest BCUT2D eigenvalue weighted by Gasteiger charge is 2.39. The largest absolute Gasteiger partial charge is 0.550 e. The van der Waals surface area contributed by atoms with Crippen LogP contribution in [0.15, 0.2) is 12.7 Å². The zero-order chi connectivity index (χ0) is 27.4. The van der Waals surface area contributed by atoms with E-state index in [0.717, 1.165) is 32.1 Å². The Morgan fingerprint density at radius 2 is 1.06 bits per heavy atom. The number of rotatable bonds is 25. The standard InChI is InChI=1S/C29H53NO6/c1-5-9-10-11-12-13-14-15-16-17-18-19-20-30(21-24(6-2)27(31)32,22-25(7-3)28(33)34)23-26(8-4)29(35)36/h5,24-26H,1,6-23H2,2-4H3,(H2-,31,32,33,34,35,36). The number of hydrogen-bond acceptors (Lipinski definition) is 4. The Kier molecular flexibility index (Phi) is 19.1. The van der Waals surface area contributed by atoms with E-state index in [1.54, 1.807) is 6.92 Å². The van der Waals surface area contributed by atoms with Crippen molar-refractivity contribution < 1.29 is 34.2 Å². The lowest BCUT2D eigenvalue weighted by Gasteiger charge is -2.44. The molecule has 0 aromatic rings. The number of hydrogen-bond donors (Lipinski definition) is 2. The smallest absolute Gasteiger partial charge is 0.312 e. The van der Waals surface area contributed by atoms with E-state index in [2.05, 4.69) is 6.58 Å². The fourth-order valence-corrected chi connectivity index (χ4v) is 5.18. The third-order valence-corrected chi connectivity index (χ3v) is 7.62. The third kappa shape index (κ3) is 14.6. The van der Waals surface area contributed by atoms with E-state index >= 15 is 0 Å². The van der Waals surface area contributed by atoms with Gasteiger partial charge in [0.15, 0.2) is 0 Å². The van der Waals surface area contributed by atoms with Crippen LogP contribution in [0.1, 0.15) is 111 Å². The molecule has 0 fully saturated rings. The zero-order valence-corrected chi connectivity index (χ0v) is 23.2. The predicted molar refractivity (Wildman–Crippen MR) is 142 cm³/mol. The molecule has 0 rings (SSSR count). The summed E-state index contributed by atoms with van der Waals surface area (Å²) in [4.78, 5) is 35.6. The molecule has 0 amide bonds. The van der Waals surface area contributed by atoms with Crippen molar-refractivity contribution in [1.82, 2.24) is 0 Å². The van der Waals surface area contributed by atoms with Gasteiger partial charge in [0.05, 0.1) is 32.1 Å². The molecule has 3 unspecified atom stereocenters. The molecule has 210 valence electrons. The maximum atomic E-state index is 11.9. The highest BCUT2D eigenvalue weighted by molar-refractivity contribution is 5.70. The van der Waals surface area contributed by atoms with Crippen LogP contribution in [0.25, 0.3) is 0 Å². The molecule has 0 aromatic carbocycles. The number of nitrogens with zero attached hydrogens (tertiary/aromatic N) is 1. The van der Waals surface area contributed by atoms with E-state index in [-0.39, 0.29) is 24.1 Å². The van der Waals surface area contributed by atoms with Crippen molar-refractivity contribution in [1.29, 1.82) is 0 Å². The van der Waals surface area contributed by atoms with Gasteiger partial charge in [-0.25, -0.2) is 0 Å². The molecule has 7 nitrogen and oxygen atoms in total. The lowest BCUT2D eigenvalue weighted by Crippen LogP contribution is -2.59. The molecule has 0 heterocycles. The van der Waals surface area contributed by atoms with Crippen molar-refractivity contribution in [3.63, 3.8) is 0 Å². The van der Waals surface area contributed by atoms with Crippen LogP contribution in [0.2, 0.25) is 0 Å². The summed E-state index contributed by atoms with van der Waals surface area (Å²) in [7, 11) is 0. The van der Waals surface area contributed by atoms with E-state index in [1.807, 2.05) is 19.9 Å². The van der Waals surface area contributed by atoms with Crippen LogP contribution in [0, 0.1) is 17.8 Å². The number of allylic oxidation sites excluding steroid dienone is 1. The monoisotopic (exact) mass is 511 g/mol. The molecule has 36 heavy (non-hydrogen) atoms. The number of aliphatic carboxylic acids is 3. The summed E-state index contributed by atoms with van der Waals surface area (Å²) < 4.78 is 0.215. The fourth-order valence-electron chi connectivity index (χ4n) is 5.18. The zero-order valence-electron chi connectivity index (χ0n) is 23.2. The summed E-state index contributed by atoms with van der Waals surface area (Å²) in [5.74, 6) is -4.96. The van der Waals surface area contributed by atoms with Crippen LogP contribution >= 0.6 is 0 Å². The Labute approximate surface area is 219 Å². The Balaban J connectivity index is 5.19. The normalized spacial score (nSPS) is 15.5. The minimum absolute atomic E-state index is 0.215. The van der Waals surface area contributed by atoms with Gasteiger partial charge in [0, 0.05) is 5.92 Å². The Morgan fingerprint density at radius 3 is 1.39 bits per heavy atom. The fraction of sp³-hybridized carbons (Fsp3) is 0.828. The first-order valence-corrected chi connectivity index (χ1v) is 14.3. The molecule has 0 radical (unpaired) electrons. The Bertz CT molecular complexity index is 575. The topological polar surface area (TPSA) is 115 Å². The van der Waals surface area contributed by atoms with E-state index < -0.39 is 35.7 Å². The van der Waals surface area contributed by atoms with Crippen LogP contribution < -0.4 is 5.11 Å². The van der Waals surface area contributed by atoms with E-state index in [0.29, 0.717) is 25.8 Å². The molecule has 0 aliphatic carbocycles. The molecular weight excluding hydrogens is 458 g/mol. The van der Waals surface area contributed by atoms with Gasteiger partial charge >= 0.3 is 11.9 Å². The van der Waals surface area contributed by atoms with Crippen molar-refractivity contribution in [3.8, 4) is 0 Å². The van der Waals surface area contributed by atoms with E-state index in [1.165, 1.54) is 38.5 Å². The highest BCUT2D eigenvalue weighted by atomic mass is 16.4. The van der Waals surface area contributed by atoms with Crippen LogP contribution in [0.4, 0.5) is 0 Å². The van der Waals surface area contributed by atoms with Crippen LogP contribution in [0.5, 0.6) is 0 Å². The lowest BCUT2D eigenvalue weighted by molar-refractivity contribution is -0.935. The van der Waals surface area contributed by atoms with Gasteiger partial charge in [-0.2, -0.15) is 0 Å². The van der Waals surface area contributed by atoms with Crippen molar-refractivity contribution in [2.75, 3.05) is 26.2 Å². The second kappa shape index (κ2) is 20.2. The maximum absolute atomic E-state index is 11.9. The summed E-state index contributed by atoms with van der Waals surface area (Å²) in [5, 5.41) is 31.3. The first-order valence-electron chi connectivity index (χ1n) is 14.3. The molecular formula is C29H53NO6. The van der Waals surface area contributed by atoms with Crippen molar-refractivity contribution in [2.24, 2.45) is 17.8 Å². The molecule has 0 saturated heterocycles. The van der Waals surface area contributed by atoms with Gasteiger partial charge in [-0.15, -0.1) is 6.58 Å². The first-order chi connectivity index (χ1) is 17.2. The molecule has 3 atom stereocenters. The van der Waals surface area contributed by atoms with Gasteiger partial charge in [-0.1, -0.05) is 71.8 Å². The van der Waals surface area contributed by atoms with Gasteiger partial charge in [-0.3, -0.25) is 9.59 Å². The summed E-state index contributed by atoms with van der Waals surface area (Å²) in [6.45, 7) is 10.5. The van der Waals surface area contributed by atoms with Crippen molar-refractivity contribution >= 4 is 17.9 Å². The number of carbonyl (C=O) groups is 3. The summed E-state index contributed by atoms with van der Waals surface area (Å²) in [6.07, 6.45) is 15.8. The van der Waals surface area contributed by atoms with Crippen molar-refractivity contribution in [3.05, 3.63) is 12.7 Å². The predicted octanol–water partition coefficient (Wildman–Crippen LogP) is 5.28. The quantitative estimate of drug-likeness (QED) is 0.0979. The van der Waals surface area contributed by atoms with Crippen LogP contribution in [-0.2, 0) is 14.4 Å². The number of carboxylic acids is 3. The molecule has 0 aromatic heterocycles. The molecule has 7 heteroatoms. The molecule has 0 aliphatic rings. The Hall–Kier alpha value is -1.89. The van der Waals surface area contributed by atoms with Crippen LogP contribution in [-0.4, -0.2) is 58.8 Å². The minimum Gasteiger partial charge on any atom is -0.550 e. The molecule has 0 aliphatic heterocycles. The summed E-state index contributed by atoms with van der Waals surface area (Å²) >= 11 is 0. The molecule has 0 spiro atoms. The first kappa shape index (κ1) is 34.1. The molecule has 0 saturated carbocycles. The number of quaternary nitrogens is 1. The van der Waals surface area contributed by atoms with Gasteiger partial charge < -0.3 is 24.6 Å². The maximum Gasteiger partial charge on any atom is 0.312 e. The van der Waals surface area contributed by atoms with E-state index in [4.69, 9.17) is 0 Å². The minimum atomic E-state index is -1.14. The highest BCUT2D eigenvalue weighted by Crippen LogP contribution is 2.25. The van der Waals surface area contributed by atoms with Gasteiger partial charge in [0.2, 0.25) is 0 Å². The lowest BCUT2D eigenvalue weighted by atomic mass is 9.95. The van der Waals surface area contributed by atoms with Gasteiger partial charge in [0.1, 0.15) is 11.8 Å². The second-order valence-corrected chi connectivity index (χ2v) is 10.5. The van der Waals surface area contributed by atoms with E-state index in [9.17, 15) is 29.7 Å². The van der Waals surface area contributed by atoms with Crippen molar-refractivity contribution in [2.45, 2.75) is 111 Å². The average Bonchev–Trinajstić information content (AvgIpc) is 2.84. The number of carboxylic acid groups (broad SMARTS) is 3. The molecule has 2 N–H and O–H groups in total. The molecule has 0 bridgehead atoms. The third-order valence-electron chi connectivity index (χ3n) is 7.62. The summed E-state index contributed by atoms with van der Waals surface area (Å²) in [6, 6.07) is 0. The number of unbranched alkanes of at least 4 members (excludes halogenated alkanes) is 10. The number of carbonyl (C=O) groups excluding carboxylic acids is 1. The Morgan fingerprint density at radius 1 is 0.694 bits per heavy atom. The second-order valence-electron chi connectivity index (χ2n) is 10.5. The van der Waals surface area contributed by atoms with Gasteiger partial charge in [-0.05, 0) is 44.9 Å². The van der Waals surface area contributed by atoms with Gasteiger partial charge in [0.25, 0.3) is 0 Å². The average molecular weight is 512 g/mol. The van der Waals surface area contributed by atoms with Crippen LogP contribution in [0.3, 0.4) is 0 Å². The SMILES string of the molecule is C=CCCCCCCCCCCCC[N+](CC(CC)C(=O)[O-])(CC(CC)C(=O)O)CC(CC)C(=O)O.